The molecule has 0 bridgehead atoms. The molecule has 0 heterocycles. The van der Waals surface area contributed by atoms with Crippen LogP contribution in [0.1, 0.15) is 31.1 Å². The lowest BCUT2D eigenvalue weighted by atomic mass is 10.2. The van der Waals surface area contributed by atoms with Gasteiger partial charge in [-0.15, -0.1) is 0 Å². The van der Waals surface area contributed by atoms with Gasteiger partial charge in [-0.2, -0.15) is 0 Å². The van der Waals surface area contributed by atoms with E-state index in [0.29, 0.717) is 24.4 Å². The molecule has 7 heteroatoms. The average Bonchev–Trinajstić information content (AvgIpc) is 2.86. The largest absolute Gasteiger partial charge is 0.497 e. The van der Waals surface area contributed by atoms with Crippen molar-refractivity contribution in [3.63, 3.8) is 0 Å². The third kappa shape index (κ3) is 11.1. The second-order valence-corrected chi connectivity index (χ2v) is 8.36. The molecule has 0 aliphatic heterocycles. The van der Waals surface area contributed by atoms with E-state index in [0.717, 1.165) is 23.1 Å². The smallest absolute Gasteiger partial charge is 0.251 e. The van der Waals surface area contributed by atoms with Gasteiger partial charge in [0.05, 0.1) is 13.7 Å². The van der Waals surface area contributed by atoms with Gasteiger partial charge in [0, 0.05) is 24.3 Å². The number of carbonyl (C=O) groups excluding carboxylic acids is 2. The molecule has 0 saturated heterocycles. The van der Waals surface area contributed by atoms with Crippen LogP contribution in [0.25, 0.3) is 0 Å². The van der Waals surface area contributed by atoms with Gasteiger partial charge in [-0.25, -0.2) is 0 Å². The van der Waals surface area contributed by atoms with Crippen LogP contribution in [0.2, 0.25) is 0 Å². The van der Waals surface area contributed by atoms with Crippen LogP contribution in [0.3, 0.4) is 0 Å². The number of para-hydroxylation sites is 1. The number of carbonyl (C=O) groups is 2. The SMILES string of the molecule is CC(C)C.COc1ccc(NCCNC(=O)CNC(=O)c2ccc(Oc3ccccc3)cc2)cc1. The maximum atomic E-state index is 12.2. The van der Waals surface area contributed by atoms with Crippen LogP contribution in [-0.2, 0) is 4.79 Å². The number of anilines is 1. The molecule has 0 aromatic heterocycles. The molecule has 3 aromatic rings. The lowest BCUT2D eigenvalue weighted by Gasteiger charge is -2.10. The van der Waals surface area contributed by atoms with Crippen LogP contribution < -0.4 is 25.4 Å². The summed E-state index contributed by atoms with van der Waals surface area (Å²) in [5.41, 5.74) is 1.39. The highest BCUT2D eigenvalue weighted by molar-refractivity contribution is 5.96. The Balaban J connectivity index is 0.00000100. The Labute approximate surface area is 207 Å². The third-order valence-electron chi connectivity index (χ3n) is 4.37. The van der Waals surface area contributed by atoms with Gasteiger partial charge in [0.15, 0.2) is 0 Å². The quantitative estimate of drug-likeness (QED) is 0.353. The Morgan fingerprint density at radius 2 is 1.31 bits per heavy atom. The first-order chi connectivity index (χ1) is 16.9. The minimum Gasteiger partial charge on any atom is -0.497 e. The summed E-state index contributed by atoms with van der Waals surface area (Å²) in [6.45, 7) is 7.41. The molecule has 0 radical (unpaired) electrons. The summed E-state index contributed by atoms with van der Waals surface area (Å²) in [6, 6.07) is 23.6. The molecule has 0 fully saturated rings. The number of rotatable bonds is 10. The zero-order chi connectivity index (χ0) is 25.5. The van der Waals surface area contributed by atoms with E-state index in [1.807, 2.05) is 54.6 Å². The fourth-order valence-corrected chi connectivity index (χ4v) is 2.74. The summed E-state index contributed by atoms with van der Waals surface area (Å²) in [7, 11) is 1.62. The van der Waals surface area contributed by atoms with E-state index in [9.17, 15) is 9.59 Å². The molecule has 3 aromatic carbocycles. The number of amides is 2. The Morgan fingerprint density at radius 1 is 0.743 bits per heavy atom. The maximum absolute atomic E-state index is 12.2. The summed E-state index contributed by atoms with van der Waals surface area (Å²) in [6.07, 6.45) is 0. The van der Waals surface area contributed by atoms with Gasteiger partial charge in [0.25, 0.3) is 5.91 Å². The molecule has 0 unspecified atom stereocenters. The second-order valence-electron chi connectivity index (χ2n) is 8.36. The van der Waals surface area contributed by atoms with Gasteiger partial charge < -0.3 is 25.4 Å². The van der Waals surface area contributed by atoms with Crippen molar-refractivity contribution in [1.82, 2.24) is 10.6 Å². The topological polar surface area (TPSA) is 88.7 Å². The number of methoxy groups -OCH3 is 1. The highest BCUT2D eigenvalue weighted by Gasteiger charge is 2.08. The number of hydrogen-bond acceptors (Lipinski definition) is 5. The van der Waals surface area contributed by atoms with E-state index in [1.54, 1.807) is 31.4 Å². The van der Waals surface area contributed by atoms with Gasteiger partial charge in [0.1, 0.15) is 17.2 Å². The van der Waals surface area contributed by atoms with Crippen molar-refractivity contribution in [2.24, 2.45) is 5.92 Å². The zero-order valence-electron chi connectivity index (χ0n) is 20.8. The molecular formula is C28H35N3O4. The monoisotopic (exact) mass is 477 g/mol. The number of benzene rings is 3. The number of hydrogen-bond donors (Lipinski definition) is 3. The highest BCUT2D eigenvalue weighted by Crippen LogP contribution is 2.21. The Morgan fingerprint density at radius 3 is 1.91 bits per heavy atom. The fourth-order valence-electron chi connectivity index (χ4n) is 2.74. The molecule has 0 atom stereocenters. The van der Waals surface area contributed by atoms with Crippen LogP contribution in [0.4, 0.5) is 5.69 Å². The van der Waals surface area contributed by atoms with Crippen LogP contribution in [0.15, 0.2) is 78.9 Å². The standard InChI is InChI=1S/C24H25N3O4.C4H10/c1-30-20-13-9-19(10-14-20)25-15-16-26-23(28)17-27-24(29)18-7-11-22(12-8-18)31-21-5-3-2-4-6-21;1-4(2)3/h2-14,25H,15-17H2,1H3,(H,26,28)(H,27,29);4H,1-3H3. The van der Waals surface area contributed by atoms with Crippen molar-refractivity contribution in [2.45, 2.75) is 20.8 Å². The van der Waals surface area contributed by atoms with Crippen LogP contribution >= 0.6 is 0 Å². The second kappa shape index (κ2) is 15.0. The molecule has 0 saturated carbocycles. The predicted octanol–water partition coefficient (Wildman–Crippen LogP) is 5.11. The minimum atomic E-state index is -0.322. The summed E-state index contributed by atoms with van der Waals surface area (Å²) in [5, 5.41) is 8.57. The summed E-state index contributed by atoms with van der Waals surface area (Å²) in [4.78, 5) is 24.2. The van der Waals surface area contributed by atoms with E-state index in [4.69, 9.17) is 9.47 Å². The fraction of sp³-hybridized carbons (Fsp3) is 0.286. The Hall–Kier alpha value is -4.00. The summed E-state index contributed by atoms with van der Waals surface area (Å²) < 4.78 is 10.8. The van der Waals surface area contributed by atoms with E-state index < -0.39 is 0 Å². The molecular weight excluding hydrogens is 442 g/mol. The van der Waals surface area contributed by atoms with Gasteiger partial charge in [-0.3, -0.25) is 9.59 Å². The number of nitrogens with one attached hydrogen (secondary N) is 3. The van der Waals surface area contributed by atoms with E-state index in [1.165, 1.54) is 0 Å². The van der Waals surface area contributed by atoms with Crippen LogP contribution in [0, 0.1) is 5.92 Å². The van der Waals surface area contributed by atoms with Gasteiger partial charge in [-0.1, -0.05) is 39.0 Å². The number of ether oxygens (including phenoxy) is 2. The van der Waals surface area contributed by atoms with E-state index in [-0.39, 0.29) is 18.4 Å². The van der Waals surface area contributed by atoms with Gasteiger partial charge >= 0.3 is 0 Å². The molecule has 186 valence electrons. The summed E-state index contributed by atoms with van der Waals surface area (Å²) in [5.74, 6) is 2.39. The minimum absolute atomic E-state index is 0.0936. The lowest BCUT2D eigenvalue weighted by molar-refractivity contribution is -0.120. The van der Waals surface area contributed by atoms with Gasteiger partial charge in [-0.05, 0) is 66.6 Å². The first-order valence-electron chi connectivity index (χ1n) is 11.6. The van der Waals surface area contributed by atoms with Crippen LogP contribution in [-0.4, -0.2) is 38.6 Å². The van der Waals surface area contributed by atoms with Crippen molar-refractivity contribution in [2.75, 3.05) is 32.1 Å². The van der Waals surface area contributed by atoms with Crippen molar-refractivity contribution in [3.05, 3.63) is 84.4 Å². The highest BCUT2D eigenvalue weighted by atomic mass is 16.5. The van der Waals surface area contributed by atoms with Gasteiger partial charge in [0.2, 0.25) is 5.91 Å². The van der Waals surface area contributed by atoms with E-state index >= 15 is 0 Å². The predicted molar refractivity (Wildman–Crippen MR) is 140 cm³/mol. The third-order valence-corrected chi connectivity index (χ3v) is 4.37. The normalized spacial score (nSPS) is 9.97. The van der Waals surface area contributed by atoms with Crippen molar-refractivity contribution in [3.8, 4) is 17.2 Å². The molecule has 0 spiro atoms. The molecule has 35 heavy (non-hydrogen) atoms. The first-order valence-corrected chi connectivity index (χ1v) is 11.6. The molecule has 2 amide bonds. The maximum Gasteiger partial charge on any atom is 0.251 e. The average molecular weight is 478 g/mol. The zero-order valence-corrected chi connectivity index (χ0v) is 20.8. The van der Waals surface area contributed by atoms with E-state index in [2.05, 4.69) is 36.7 Å². The first kappa shape index (κ1) is 27.2. The van der Waals surface area contributed by atoms with Crippen molar-refractivity contribution in [1.29, 1.82) is 0 Å². The Kier molecular flexibility index (Phi) is 11.7. The lowest BCUT2D eigenvalue weighted by Crippen LogP contribution is -2.38. The molecule has 7 nitrogen and oxygen atoms in total. The molecule has 0 aliphatic rings. The van der Waals surface area contributed by atoms with Crippen molar-refractivity contribution < 1.29 is 19.1 Å². The molecule has 3 N–H and O–H groups in total. The molecule has 0 aliphatic carbocycles. The summed E-state index contributed by atoms with van der Waals surface area (Å²) >= 11 is 0. The van der Waals surface area contributed by atoms with Crippen LogP contribution in [0.5, 0.6) is 17.2 Å². The Bertz CT molecular complexity index is 1020. The molecule has 3 rings (SSSR count). The van der Waals surface area contributed by atoms with Crippen molar-refractivity contribution >= 4 is 17.5 Å².